The Balaban J connectivity index is 0.791. The van der Waals surface area contributed by atoms with Crippen LogP contribution in [0.3, 0.4) is 0 Å². The molecule has 3 amide bonds. The summed E-state index contributed by atoms with van der Waals surface area (Å²) in [5.74, 6) is 1.44. The van der Waals surface area contributed by atoms with E-state index in [2.05, 4.69) is 81.8 Å². The van der Waals surface area contributed by atoms with E-state index >= 15 is 0 Å². The monoisotopic (exact) mass is 742 g/mol. The maximum Gasteiger partial charge on any atom is 0.258 e. The topological polar surface area (TPSA) is 112 Å². The lowest BCUT2D eigenvalue weighted by molar-refractivity contribution is -0.136. The molecule has 2 fully saturated rings. The van der Waals surface area contributed by atoms with Crippen LogP contribution in [0.1, 0.15) is 88.5 Å². The molecule has 1 unspecified atom stereocenters. The lowest BCUT2D eigenvalue weighted by Crippen LogP contribution is -2.52. The normalized spacial score (nSPS) is 21.3. The van der Waals surface area contributed by atoms with Crippen molar-refractivity contribution in [3.63, 3.8) is 0 Å². The van der Waals surface area contributed by atoms with E-state index in [1.165, 1.54) is 22.3 Å². The predicted molar refractivity (Wildman–Crippen MR) is 211 cm³/mol. The molecule has 286 valence electrons. The number of benzene rings is 4. The molecule has 1 aliphatic carbocycles. The summed E-state index contributed by atoms with van der Waals surface area (Å²) in [4.78, 5) is 44.0. The second-order valence-electron chi connectivity index (χ2n) is 15.3. The fraction of sp³-hybridized carbons (Fsp3) is 0.400. The summed E-state index contributed by atoms with van der Waals surface area (Å²) in [5, 5.41) is 12.5. The van der Waals surface area contributed by atoms with Gasteiger partial charge in [0, 0.05) is 56.8 Å². The van der Waals surface area contributed by atoms with Crippen molar-refractivity contribution in [2.24, 2.45) is 0 Å². The Kier molecular flexibility index (Phi) is 10.8. The number of imide groups is 1. The van der Waals surface area contributed by atoms with E-state index < -0.39 is 11.9 Å². The largest absolute Gasteiger partial charge is 0.508 e. The number of phenols is 1. The number of anilines is 1. The number of ether oxygens (including phenoxy) is 2. The van der Waals surface area contributed by atoms with Gasteiger partial charge in [-0.1, -0.05) is 48.5 Å². The van der Waals surface area contributed by atoms with Crippen LogP contribution in [0.25, 0.3) is 0 Å². The molecule has 2 saturated heterocycles. The fourth-order valence-electron chi connectivity index (χ4n) is 9.08. The number of piperazine rings is 1. The highest BCUT2D eigenvalue weighted by molar-refractivity contribution is 6.06. The van der Waals surface area contributed by atoms with Gasteiger partial charge < -0.3 is 24.4 Å². The summed E-state index contributed by atoms with van der Waals surface area (Å²) in [6.07, 6.45) is 5.79. The first-order chi connectivity index (χ1) is 26.9. The number of nitrogens with one attached hydrogen (secondary N) is 1. The molecule has 2 N–H and O–H groups in total. The minimum absolute atomic E-state index is 0.220. The second kappa shape index (κ2) is 16.2. The smallest absolute Gasteiger partial charge is 0.258 e. The Morgan fingerprint density at radius 3 is 2.36 bits per heavy atom. The molecule has 4 aliphatic rings. The maximum absolute atomic E-state index is 13.4. The van der Waals surface area contributed by atoms with Gasteiger partial charge in [-0.3, -0.25) is 24.6 Å². The van der Waals surface area contributed by atoms with E-state index in [9.17, 15) is 19.5 Å². The molecule has 4 aromatic carbocycles. The number of aromatic hydroxyl groups is 1. The zero-order chi connectivity index (χ0) is 37.9. The van der Waals surface area contributed by atoms with Crippen LogP contribution in [0.4, 0.5) is 5.69 Å². The molecule has 55 heavy (non-hydrogen) atoms. The van der Waals surface area contributed by atoms with Crippen LogP contribution in [0.5, 0.6) is 17.2 Å². The Morgan fingerprint density at radius 2 is 1.60 bits per heavy atom. The average Bonchev–Trinajstić information content (AvgIpc) is 3.54. The van der Waals surface area contributed by atoms with E-state index in [0.29, 0.717) is 42.6 Å². The number of aryl methyl sites for hydroxylation is 1. The Hall–Kier alpha value is -5.35. The third-order valence-corrected chi connectivity index (χ3v) is 12.0. The minimum Gasteiger partial charge on any atom is -0.508 e. The lowest BCUT2D eigenvalue weighted by Gasteiger charge is -2.36. The molecule has 3 aliphatic heterocycles. The van der Waals surface area contributed by atoms with E-state index in [1.807, 2.05) is 18.2 Å². The molecule has 4 aromatic rings. The number of fused-ring (bicyclic) bond motifs is 2. The highest BCUT2D eigenvalue weighted by atomic mass is 16.5. The van der Waals surface area contributed by atoms with Gasteiger partial charge in [-0.15, -0.1) is 0 Å². The van der Waals surface area contributed by atoms with Crippen molar-refractivity contribution in [3.8, 4) is 17.2 Å². The molecular weight excluding hydrogens is 693 g/mol. The van der Waals surface area contributed by atoms with Gasteiger partial charge >= 0.3 is 0 Å². The third-order valence-electron chi connectivity index (χ3n) is 12.0. The van der Waals surface area contributed by atoms with E-state index in [1.54, 1.807) is 12.0 Å². The van der Waals surface area contributed by atoms with Gasteiger partial charge in [-0.25, -0.2) is 0 Å². The molecule has 0 aromatic heterocycles. The number of hydrogen-bond donors (Lipinski definition) is 2. The number of rotatable bonds is 12. The molecule has 3 atom stereocenters. The molecule has 0 saturated carbocycles. The maximum atomic E-state index is 13.4. The molecular formula is C45H50N4O6. The predicted octanol–water partition coefficient (Wildman–Crippen LogP) is 6.40. The van der Waals surface area contributed by atoms with E-state index in [4.69, 9.17) is 9.47 Å². The molecule has 10 heteroatoms. The summed E-state index contributed by atoms with van der Waals surface area (Å²) in [6.45, 7) is 5.75. The summed E-state index contributed by atoms with van der Waals surface area (Å²) in [5.41, 5.74) is 7.56. The van der Waals surface area contributed by atoms with Crippen molar-refractivity contribution in [1.82, 2.24) is 15.1 Å². The number of hydrogen-bond acceptors (Lipinski definition) is 8. The summed E-state index contributed by atoms with van der Waals surface area (Å²) >= 11 is 0. The van der Waals surface area contributed by atoms with Gasteiger partial charge in [0.25, 0.3) is 5.91 Å². The minimum atomic E-state index is -0.649. The first-order valence-corrected chi connectivity index (χ1v) is 19.8. The number of carbonyl (C=O) groups is 3. The van der Waals surface area contributed by atoms with Crippen LogP contribution in [-0.4, -0.2) is 85.1 Å². The first-order valence-electron chi connectivity index (χ1n) is 19.8. The standard InChI is InChI=1S/C45H50N4O6/c1-54-40-28-34(26-33-29-49(45(53)43(33)40)39-18-19-41(51)46-44(39)52)48-23-21-47(22-24-48)20-6-3-7-25-55-36-14-10-31(11-15-36)42-37(30-8-4-2-5-9-30)16-12-32-27-35(50)13-17-38(32)42/h2,4-5,8-11,13-15,17,26-28,37,39,42,50H,3,6-7,12,16,18-25,29H2,1H3,(H,46,51,52)/t37-,39?,42+/m1/s1. The average molecular weight is 743 g/mol. The first kappa shape index (κ1) is 36.6. The van der Waals surface area contributed by atoms with Gasteiger partial charge in [0.1, 0.15) is 23.3 Å². The number of carbonyl (C=O) groups excluding carboxylic acids is 3. The van der Waals surface area contributed by atoms with Crippen LogP contribution >= 0.6 is 0 Å². The number of methoxy groups -OCH3 is 1. The molecule has 3 heterocycles. The highest BCUT2D eigenvalue weighted by Gasteiger charge is 2.41. The number of unbranched alkanes of at least 4 members (excludes halogenated alkanes) is 2. The Labute approximate surface area is 323 Å². The number of amides is 3. The Bertz CT molecular complexity index is 2030. The van der Waals surface area contributed by atoms with Gasteiger partial charge in [-0.2, -0.15) is 0 Å². The van der Waals surface area contributed by atoms with Crippen LogP contribution < -0.4 is 19.7 Å². The molecule has 0 spiro atoms. The number of piperidine rings is 1. The van der Waals surface area contributed by atoms with Crippen LogP contribution in [0.2, 0.25) is 0 Å². The zero-order valence-corrected chi connectivity index (χ0v) is 31.5. The zero-order valence-electron chi connectivity index (χ0n) is 31.5. The van der Waals surface area contributed by atoms with Crippen molar-refractivity contribution >= 4 is 23.4 Å². The summed E-state index contributed by atoms with van der Waals surface area (Å²) in [6, 6.07) is 28.6. The molecule has 0 radical (unpaired) electrons. The lowest BCUT2D eigenvalue weighted by atomic mass is 9.69. The van der Waals surface area contributed by atoms with Crippen molar-refractivity contribution in [2.75, 3.05) is 51.3 Å². The summed E-state index contributed by atoms with van der Waals surface area (Å²) in [7, 11) is 1.58. The fourth-order valence-corrected chi connectivity index (χ4v) is 9.08. The third kappa shape index (κ3) is 7.78. The van der Waals surface area contributed by atoms with Crippen molar-refractivity contribution in [3.05, 3.63) is 118 Å². The second-order valence-corrected chi connectivity index (χ2v) is 15.3. The van der Waals surface area contributed by atoms with E-state index in [0.717, 1.165) is 81.8 Å². The molecule has 8 rings (SSSR count). The van der Waals surface area contributed by atoms with Gasteiger partial charge in [-0.05, 0) is 109 Å². The SMILES string of the molecule is COc1cc(N2CCN(CCCCCOc3ccc([C@@H]4c5ccc(O)cc5CC[C@@H]4c4ccccc4)cc3)CC2)cc2c1C(=O)N(C1CCC(=O)NC1=O)C2. The number of phenolic OH excluding ortho intramolecular Hbond substituents is 1. The molecule has 0 bridgehead atoms. The van der Waals surface area contributed by atoms with Crippen molar-refractivity contribution in [1.29, 1.82) is 0 Å². The van der Waals surface area contributed by atoms with Gasteiger partial charge in [0.15, 0.2) is 0 Å². The van der Waals surface area contributed by atoms with Crippen LogP contribution in [0, 0.1) is 0 Å². The van der Waals surface area contributed by atoms with Crippen LogP contribution in [0.15, 0.2) is 84.9 Å². The van der Waals surface area contributed by atoms with Gasteiger partial charge in [0.2, 0.25) is 11.8 Å². The summed E-state index contributed by atoms with van der Waals surface area (Å²) < 4.78 is 11.9. The Morgan fingerprint density at radius 1 is 0.800 bits per heavy atom. The quantitative estimate of drug-likeness (QED) is 0.127. The molecule has 10 nitrogen and oxygen atoms in total. The van der Waals surface area contributed by atoms with Crippen molar-refractivity contribution < 1.29 is 29.0 Å². The van der Waals surface area contributed by atoms with E-state index in [-0.39, 0.29) is 24.2 Å². The number of nitrogens with zero attached hydrogens (tertiary/aromatic N) is 3. The van der Waals surface area contributed by atoms with Gasteiger partial charge in [0.05, 0.1) is 19.3 Å². The highest BCUT2D eigenvalue weighted by Crippen LogP contribution is 2.47. The van der Waals surface area contributed by atoms with Crippen LogP contribution in [-0.2, 0) is 22.6 Å². The van der Waals surface area contributed by atoms with Crippen molar-refractivity contribution in [2.45, 2.75) is 69.4 Å².